The average molecular weight is 247 g/mol. The van der Waals surface area contributed by atoms with E-state index in [1.807, 2.05) is 0 Å². The van der Waals surface area contributed by atoms with E-state index >= 15 is 0 Å². The summed E-state index contributed by atoms with van der Waals surface area (Å²) in [5.74, 6) is 0. The number of nitro groups is 1. The summed E-state index contributed by atoms with van der Waals surface area (Å²) in [7, 11) is 0. The first-order valence-corrected chi connectivity index (χ1v) is 5.57. The fourth-order valence-electron chi connectivity index (χ4n) is 1.63. The number of hydrogen-bond acceptors (Lipinski definition) is 5. The Labute approximate surface area is 103 Å². The number of para-hydroxylation sites is 2. The van der Waals surface area contributed by atoms with Crippen LogP contribution in [0.3, 0.4) is 0 Å². The molecule has 7 heteroatoms. The maximum Gasteiger partial charge on any atom is 0.294 e. The van der Waals surface area contributed by atoms with Crippen molar-refractivity contribution < 1.29 is 4.92 Å². The SMILES string of the molecule is NCCCc1cn(-c2ccccc2[N+](=O)[O-])nn1. The highest BCUT2D eigenvalue weighted by Gasteiger charge is 2.15. The normalized spacial score (nSPS) is 10.5. The predicted molar refractivity (Wildman–Crippen MR) is 65.4 cm³/mol. The molecule has 0 aliphatic rings. The van der Waals surface area contributed by atoms with Crippen LogP contribution in [0, 0.1) is 10.1 Å². The van der Waals surface area contributed by atoms with Crippen LogP contribution in [-0.2, 0) is 6.42 Å². The Balaban J connectivity index is 2.31. The molecule has 1 aromatic carbocycles. The van der Waals surface area contributed by atoms with Gasteiger partial charge in [0, 0.05) is 6.07 Å². The number of nitrogens with zero attached hydrogens (tertiary/aromatic N) is 4. The van der Waals surface area contributed by atoms with E-state index in [0.717, 1.165) is 18.5 Å². The zero-order valence-corrected chi connectivity index (χ0v) is 9.69. The van der Waals surface area contributed by atoms with E-state index in [-0.39, 0.29) is 5.69 Å². The molecule has 2 rings (SSSR count). The van der Waals surface area contributed by atoms with E-state index in [0.29, 0.717) is 12.2 Å². The molecule has 0 saturated heterocycles. The van der Waals surface area contributed by atoms with Gasteiger partial charge in [0.2, 0.25) is 0 Å². The van der Waals surface area contributed by atoms with Gasteiger partial charge in [0.05, 0.1) is 16.8 Å². The summed E-state index contributed by atoms with van der Waals surface area (Å²) in [5.41, 5.74) is 6.61. The number of hydrogen-bond donors (Lipinski definition) is 1. The smallest absolute Gasteiger partial charge is 0.294 e. The summed E-state index contributed by atoms with van der Waals surface area (Å²) in [6.07, 6.45) is 3.23. The molecule has 1 heterocycles. The molecule has 0 spiro atoms. The van der Waals surface area contributed by atoms with Crippen molar-refractivity contribution in [2.45, 2.75) is 12.8 Å². The van der Waals surface area contributed by atoms with Crippen molar-refractivity contribution in [2.24, 2.45) is 5.73 Å². The minimum Gasteiger partial charge on any atom is -0.330 e. The summed E-state index contributed by atoms with van der Waals surface area (Å²) in [6, 6.07) is 6.42. The second-order valence-corrected chi connectivity index (χ2v) is 3.79. The fourth-order valence-corrected chi connectivity index (χ4v) is 1.63. The van der Waals surface area contributed by atoms with Gasteiger partial charge >= 0.3 is 0 Å². The average Bonchev–Trinajstić information content (AvgIpc) is 2.85. The summed E-state index contributed by atoms with van der Waals surface area (Å²) >= 11 is 0. The second kappa shape index (κ2) is 5.37. The lowest BCUT2D eigenvalue weighted by Crippen LogP contribution is -2.01. The van der Waals surface area contributed by atoms with Crippen LogP contribution in [0.4, 0.5) is 5.69 Å². The first-order chi connectivity index (χ1) is 8.72. The molecule has 0 amide bonds. The highest BCUT2D eigenvalue weighted by Crippen LogP contribution is 2.21. The van der Waals surface area contributed by atoms with Crippen molar-refractivity contribution in [1.82, 2.24) is 15.0 Å². The minimum absolute atomic E-state index is 0.00720. The topological polar surface area (TPSA) is 99.9 Å². The van der Waals surface area contributed by atoms with Crippen LogP contribution in [0.1, 0.15) is 12.1 Å². The van der Waals surface area contributed by atoms with Crippen molar-refractivity contribution in [1.29, 1.82) is 0 Å². The molecule has 0 aliphatic carbocycles. The first-order valence-electron chi connectivity index (χ1n) is 5.57. The number of aromatic nitrogens is 3. The maximum atomic E-state index is 10.9. The third kappa shape index (κ3) is 2.51. The third-order valence-corrected chi connectivity index (χ3v) is 2.50. The van der Waals surface area contributed by atoms with Crippen LogP contribution in [-0.4, -0.2) is 26.5 Å². The number of benzene rings is 1. The van der Waals surface area contributed by atoms with Crippen LogP contribution < -0.4 is 5.73 Å². The molecule has 0 atom stereocenters. The molecule has 0 fully saturated rings. The molecule has 18 heavy (non-hydrogen) atoms. The molecule has 0 radical (unpaired) electrons. The Hall–Kier alpha value is -2.28. The van der Waals surface area contributed by atoms with Crippen molar-refractivity contribution in [3.05, 3.63) is 46.3 Å². The monoisotopic (exact) mass is 247 g/mol. The minimum atomic E-state index is -0.434. The molecule has 0 aliphatic heterocycles. The van der Waals surface area contributed by atoms with Gasteiger partial charge in [0.1, 0.15) is 5.69 Å². The number of aryl methyl sites for hydroxylation is 1. The molecule has 1 aromatic heterocycles. The van der Waals surface area contributed by atoms with E-state index in [4.69, 9.17) is 5.73 Å². The highest BCUT2D eigenvalue weighted by molar-refractivity contribution is 5.51. The van der Waals surface area contributed by atoms with Crippen molar-refractivity contribution in [2.75, 3.05) is 6.54 Å². The highest BCUT2D eigenvalue weighted by atomic mass is 16.6. The number of nitrogens with two attached hydrogens (primary N) is 1. The lowest BCUT2D eigenvalue weighted by Gasteiger charge is -2.00. The summed E-state index contributed by atoms with van der Waals surface area (Å²) in [4.78, 5) is 10.5. The van der Waals surface area contributed by atoms with Crippen LogP contribution >= 0.6 is 0 Å². The van der Waals surface area contributed by atoms with E-state index in [1.165, 1.54) is 10.7 Å². The Morgan fingerprint density at radius 2 is 2.17 bits per heavy atom. The van der Waals surface area contributed by atoms with E-state index in [2.05, 4.69) is 10.3 Å². The van der Waals surface area contributed by atoms with Gasteiger partial charge < -0.3 is 5.73 Å². The number of rotatable bonds is 5. The summed E-state index contributed by atoms with van der Waals surface area (Å²) < 4.78 is 1.42. The van der Waals surface area contributed by atoms with Crippen molar-refractivity contribution >= 4 is 5.69 Å². The molecule has 0 bridgehead atoms. The number of nitro benzene ring substituents is 1. The third-order valence-electron chi connectivity index (χ3n) is 2.50. The molecule has 2 aromatic rings. The molecular formula is C11H13N5O2. The van der Waals surface area contributed by atoms with Gasteiger partial charge in [0.15, 0.2) is 0 Å². The molecule has 0 unspecified atom stereocenters. The molecule has 2 N–H and O–H groups in total. The first kappa shape index (κ1) is 12.2. The molecule has 7 nitrogen and oxygen atoms in total. The van der Waals surface area contributed by atoms with Gasteiger partial charge in [-0.3, -0.25) is 10.1 Å². The Morgan fingerprint density at radius 1 is 1.39 bits per heavy atom. The van der Waals surface area contributed by atoms with Crippen molar-refractivity contribution in [3.63, 3.8) is 0 Å². The van der Waals surface area contributed by atoms with Gasteiger partial charge in [-0.05, 0) is 25.5 Å². The van der Waals surface area contributed by atoms with E-state index < -0.39 is 4.92 Å². The lowest BCUT2D eigenvalue weighted by molar-refractivity contribution is -0.384. The lowest BCUT2D eigenvalue weighted by atomic mass is 10.2. The largest absolute Gasteiger partial charge is 0.330 e. The summed E-state index contributed by atoms with van der Waals surface area (Å²) in [6.45, 7) is 0.582. The van der Waals surface area contributed by atoms with Gasteiger partial charge in [-0.15, -0.1) is 5.10 Å². The predicted octanol–water partition coefficient (Wildman–Crippen LogP) is 1.07. The molecular weight excluding hydrogens is 234 g/mol. The van der Waals surface area contributed by atoms with Gasteiger partial charge in [0.25, 0.3) is 5.69 Å². The van der Waals surface area contributed by atoms with Crippen LogP contribution in [0.15, 0.2) is 30.5 Å². The van der Waals surface area contributed by atoms with Crippen molar-refractivity contribution in [3.8, 4) is 5.69 Å². The van der Waals surface area contributed by atoms with E-state index in [1.54, 1.807) is 24.4 Å². The quantitative estimate of drug-likeness (QED) is 0.629. The summed E-state index contributed by atoms with van der Waals surface area (Å²) in [5, 5.41) is 18.8. The van der Waals surface area contributed by atoms with E-state index in [9.17, 15) is 10.1 Å². The Morgan fingerprint density at radius 3 is 2.89 bits per heavy atom. The van der Waals surface area contributed by atoms with Crippen LogP contribution in [0.5, 0.6) is 0 Å². The van der Waals surface area contributed by atoms with Gasteiger partial charge in [-0.2, -0.15) is 0 Å². The fraction of sp³-hybridized carbons (Fsp3) is 0.273. The molecule has 94 valence electrons. The van der Waals surface area contributed by atoms with Gasteiger partial charge in [-0.25, -0.2) is 4.68 Å². The second-order valence-electron chi connectivity index (χ2n) is 3.79. The standard InChI is InChI=1S/C11H13N5O2/c12-7-3-4-9-8-15(14-13-9)10-5-1-2-6-11(10)16(17)18/h1-2,5-6,8H,3-4,7,12H2. The van der Waals surface area contributed by atoms with Gasteiger partial charge in [-0.1, -0.05) is 17.3 Å². The van der Waals surface area contributed by atoms with Crippen LogP contribution in [0.2, 0.25) is 0 Å². The zero-order chi connectivity index (χ0) is 13.0. The Kier molecular flexibility index (Phi) is 3.63. The van der Waals surface area contributed by atoms with Crippen LogP contribution in [0.25, 0.3) is 5.69 Å². The maximum absolute atomic E-state index is 10.9. The zero-order valence-electron chi connectivity index (χ0n) is 9.69. The Bertz CT molecular complexity index is 552. The molecule has 0 saturated carbocycles.